The first-order chi connectivity index (χ1) is 9.93. The fourth-order valence-electron chi connectivity index (χ4n) is 2.12. The van der Waals surface area contributed by atoms with Gasteiger partial charge in [0.1, 0.15) is 0 Å². The summed E-state index contributed by atoms with van der Waals surface area (Å²) >= 11 is 5.87. The first-order valence-electron chi connectivity index (χ1n) is 6.25. The van der Waals surface area contributed by atoms with E-state index in [0.29, 0.717) is 13.1 Å². The monoisotopic (exact) mass is 317 g/mol. The molecule has 112 valence electrons. The highest BCUT2D eigenvalue weighted by molar-refractivity contribution is 6.32. The normalized spacial score (nSPS) is 16.8. The molecule has 2 aromatic rings. The molecule has 21 heavy (non-hydrogen) atoms. The molecular weight excluding hydrogens is 307 g/mol. The molecule has 1 aliphatic rings. The second-order valence-electron chi connectivity index (χ2n) is 4.83. The van der Waals surface area contributed by atoms with Gasteiger partial charge in [0.15, 0.2) is 5.75 Å². The summed E-state index contributed by atoms with van der Waals surface area (Å²) in [6.07, 6.45) is -1.18. The molecule has 2 heterocycles. The summed E-state index contributed by atoms with van der Waals surface area (Å²) in [6.45, 7) is 1.15. The first-order valence-corrected chi connectivity index (χ1v) is 6.63. The summed E-state index contributed by atoms with van der Waals surface area (Å²) in [4.78, 5) is 5.42. The number of hydroxylamine groups is 2. The van der Waals surface area contributed by atoms with Gasteiger partial charge in [0, 0.05) is 19.0 Å². The summed E-state index contributed by atoms with van der Waals surface area (Å²) in [6, 6.07) is 4.89. The molecule has 1 saturated heterocycles. The summed E-state index contributed by atoms with van der Waals surface area (Å²) in [7, 11) is 0. The Balaban J connectivity index is 1.66. The Morgan fingerprint density at radius 3 is 2.62 bits per heavy atom. The lowest BCUT2D eigenvalue weighted by molar-refractivity contribution is -0.139. The van der Waals surface area contributed by atoms with Crippen LogP contribution < -0.4 is 4.84 Å². The number of nitrogens with zero attached hydrogens (tertiary/aromatic N) is 1. The fourth-order valence-corrected chi connectivity index (χ4v) is 2.27. The van der Waals surface area contributed by atoms with Crippen LogP contribution in [-0.2, 0) is 6.18 Å². The van der Waals surface area contributed by atoms with Crippen LogP contribution in [0.2, 0.25) is 5.02 Å². The molecule has 3 rings (SSSR count). The maximum Gasteiger partial charge on any atom is 0.416 e. The Morgan fingerprint density at radius 1 is 1.24 bits per heavy atom. The van der Waals surface area contributed by atoms with Crippen molar-refractivity contribution in [2.45, 2.75) is 12.1 Å². The van der Waals surface area contributed by atoms with E-state index in [1.165, 1.54) is 6.07 Å². The van der Waals surface area contributed by atoms with Crippen molar-refractivity contribution in [1.29, 1.82) is 0 Å². The molecule has 7 heteroatoms. The van der Waals surface area contributed by atoms with E-state index in [1.54, 1.807) is 17.6 Å². The molecule has 0 unspecified atom stereocenters. The number of hydrogen-bond donors (Lipinski definition) is 0. The smallest absolute Gasteiger partial charge is 0.416 e. The number of alkyl halides is 3. The third-order valence-electron chi connectivity index (χ3n) is 3.35. The van der Waals surface area contributed by atoms with E-state index >= 15 is 0 Å². The van der Waals surface area contributed by atoms with E-state index in [0.717, 1.165) is 17.7 Å². The number of furan rings is 1. The molecule has 0 N–H and O–H groups in total. The van der Waals surface area contributed by atoms with Crippen molar-refractivity contribution in [2.75, 3.05) is 13.1 Å². The molecule has 0 aliphatic carbocycles. The van der Waals surface area contributed by atoms with Crippen LogP contribution in [0, 0.1) is 0 Å². The topological polar surface area (TPSA) is 25.6 Å². The predicted octanol–water partition coefficient (Wildman–Crippen LogP) is 4.35. The van der Waals surface area contributed by atoms with Gasteiger partial charge in [-0.3, -0.25) is 0 Å². The summed E-state index contributed by atoms with van der Waals surface area (Å²) in [5.41, 5.74) is 0.263. The summed E-state index contributed by atoms with van der Waals surface area (Å²) in [5, 5.41) is 1.72. The van der Waals surface area contributed by atoms with E-state index in [4.69, 9.17) is 20.9 Å². The zero-order chi connectivity index (χ0) is 15.0. The Bertz CT molecular complexity index is 622. The molecule has 0 bridgehead atoms. The minimum Gasteiger partial charge on any atom is -0.472 e. The fraction of sp³-hybridized carbons (Fsp3) is 0.286. The second kappa shape index (κ2) is 5.27. The summed E-state index contributed by atoms with van der Waals surface area (Å²) < 4.78 is 43.0. The second-order valence-corrected chi connectivity index (χ2v) is 5.24. The van der Waals surface area contributed by atoms with E-state index < -0.39 is 11.7 Å². The van der Waals surface area contributed by atoms with Gasteiger partial charge < -0.3 is 9.25 Å². The van der Waals surface area contributed by atoms with Gasteiger partial charge in [-0.25, -0.2) is 0 Å². The van der Waals surface area contributed by atoms with Gasteiger partial charge in [-0.1, -0.05) is 11.6 Å². The van der Waals surface area contributed by atoms with Gasteiger partial charge in [-0.05, 0) is 29.8 Å². The predicted molar refractivity (Wildman–Crippen MR) is 70.1 cm³/mol. The van der Waals surface area contributed by atoms with Crippen LogP contribution in [0.5, 0.6) is 5.75 Å². The van der Waals surface area contributed by atoms with E-state index in [1.807, 2.05) is 6.07 Å². The van der Waals surface area contributed by atoms with Gasteiger partial charge in [0.2, 0.25) is 0 Å². The maximum atomic E-state index is 12.7. The standard InChI is InChI=1S/C14H11ClF3NO2/c15-12-2-1-11(14(16,17)18)5-13(12)21-19-6-10(7-19)9-3-4-20-8-9/h1-5,8,10H,6-7H2. The Morgan fingerprint density at radius 2 is 2.00 bits per heavy atom. The van der Waals surface area contributed by atoms with Crippen molar-refractivity contribution >= 4 is 11.6 Å². The zero-order valence-corrected chi connectivity index (χ0v) is 11.5. The maximum absolute atomic E-state index is 12.7. The first kappa shape index (κ1) is 14.3. The molecule has 1 fully saturated rings. The van der Waals surface area contributed by atoms with Gasteiger partial charge in [-0.2, -0.15) is 13.2 Å². The molecule has 1 aromatic heterocycles. The Kier molecular flexibility index (Phi) is 3.59. The molecule has 0 radical (unpaired) electrons. The lowest BCUT2D eigenvalue weighted by Gasteiger charge is -2.37. The van der Waals surface area contributed by atoms with Crippen molar-refractivity contribution in [3.63, 3.8) is 0 Å². The van der Waals surface area contributed by atoms with Crippen LogP contribution in [0.3, 0.4) is 0 Å². The third kappa shape index (κ3) is 3.01. The summed E-state index contributed by atoms with van der Waals surface area (Å²) in [5.74, 6) is 0.269. The minimum atomic E-state index is -4.42. The third-order valence-corrected chi connectivity index (χ3v) is 3.66. The van der Waals surface area contributed by atoms with Gasteiger partial charge >= 0.3 is 6.18 Å². The molecule has 1 aliphatic heterocycles. The van der Waals surface area contributed by atoms with Crippen LogP contribution in [-0.4, -0.2) is 18.2 Å². The quantitative estimate of drug-likeness (QED) is 0.842. The van der Waals surface area contributed by atoms with E-state index in [2.05, 4.69) is 0 Å². The number of hydrogen-bond acceptors (Lipinski definition) is 3. The van der Waals surface area contributed by atoms with Crippen LogP contribution >= 0.6 is 11.6 Å². The molecule has 0 spiro atoms. The lowest BCUT2D eigenvalue weighted by atomic mass is 9.96. The molecule has 0 saturated carbocycles. The molecular formula is C14H11ClF3NO2. The van der Waals surface area contributed by atoms with Crippen LogP contribution in [0.1, 0.15) is 17.0 Å². The average Bonchev–Trinajstić information content (AvgIpc) is 2.87. The minimum absolute atomic E-state index is 0.0112. The molecule has 0 atom stereocenters. The highest BCUT2D eigenvalue weighted by Crippen LogP contribution is 2.36. The van der Waals surface area contributed by atoms with Crippen LogP contribution in [0.25, 0.3) is 0 Å². The van der Waals surface area contributed by atoms with Crippen molar-refractivity contribution in [1.82, 2.24) is 5.06 Å². The van der Waals surface area contributed by atoms with Gasteiger partial charge in [-0.15, -0.1) is 5.06 Å². The van der Waals surface area contributed by atoms with Crippen LogP contribution in [0.15, 0.2) is 41.2 Å². The van der Waals surface area contributed by atoms with Crippen molar-refractivity contribution < 1.29 is 22.4 Å². The molecule has 1 aromatic carbocycles. The molecule has 0 amide bonds. The highest BCUT2D eigenvalue weighted by atomic mass is 35.5. The molecule has 3 nitrogen and oxygen atoms in total. The van der Waals surface area contributed by atoms with Crippen molar-refractivity contribution in [3.8, 4) is 5.75 Å². The SMILES string of the molecule is FC(F)(F)c1ccc(Cl)c(ON2CC(c3ccoc3)C2)c1. The lowest BCUT2D eigenvalue weighted by Crippen LogP contribution is -2.46. The van der Waals surface area contributed by atoms with Gasteiger partial charge in [0.05, 0.1) is 23.1 Å². The zero-order valence-electron chi connectivity index (χ0n) is 10.7. The number of benzene rings is 1. The van der Waals surface area contributed by atoms with Crippen molar-refractivity contribution in [2.24, 2.45) is 0 Å². The van der Waals surface area contributed by atoms with Crippen molar-refractivity contribution in [3.05, 3.63) is 52.9 Å². The highest BCUT2D eigenvalue weighted by Gasteiger charge is 2.33. The van der Waals surface area contributed by atoms with E-state index in [9.17, 15) is 13.2 Å². The average molecular weight is 318 g/mol. The van der Waals surface area contributed by atoms with Crippen LogP contribution in [0.4, 0.5) is 13.2 Å². The Labute approximate surface area is 123 Å². The number of halogens is 4. The van der Waals surface area contributed by atoms with Gasteiger partial charge in [0.25, 0.3) is 0 Å². The van der Waals surface area contributed by atoms with E-state index in [-0.39, 0.29) is 16.7 Å². The largest absolute Gasteiger partial charge is 0.472 e. The number of rotatable bonds is 3. The Hall–Kier alpha value is -1.66.